The Hall–Kier alpha value is -2.44. The molecule has 7 heteroatoms. The molecule has 18 heavy (non-hydrogen) atoms. The Labute approximate surface area is 102 Å². The largest absolute Gasteiger partial charge is 0.460 e. The Balaban J connectivity index is 1.85. The Kier molecular flexibility index (Phi) is 2.26. The van der Waals surface area contributed by atoms with E-state index in [-0.39, 0.29) is 17.6 Å². The molecule has 1 aromatic rings. The number of benzene rings is 1. The Morgan fingerprint density at radius 1 is 1.39 bits per heavy atom. The summed E-state index contributed by atoms with van der Waals surface area (Å²) in [6.45, 7) is 0.931. The molecule has 0 aromatic heterocycles. The lowest BCUT2D eigenvalue weighted by Gasteiger charge is -2.14. The maximum atomic E-state index is 11.3. The zero-order chi connectivity index (χ0) is 12.7. The molecule has 0 bridgehead atoms. The van der Waals surface area contributed by atoms with Crippen LogP contribution in [-0.4, -0.2) is 29.8 Å². The van der Waals surface area contributed by atoms with Gasteiger partial charge in [-0.3, -0.25) is 15.1 Å². The average molecular weight is 247 g/mol. The van der Waals surface area contributed by atoms with Crippen molar-refractivity contribution in [3.8, 4) is 0 Å². The van der Waals surface area contributed by atoms with Gasteiger partial charge in [-0.1, -0.05) is 0 Å². The first-order valence-electron chi connectivity index (χ1n) is 5.43. The van der Waals surface area contributed by atoms with Crippen LogP contribution in [0, 0.1) is 16.0 Å². The van der Waals surface area contributed by atoms with Crippen molar-refractivity contribution in [1.29, 1.82) is 0 Å². The van der Waals surface area contributed by atoms with E-state index >= 15 is 0 Å². The number of cyclic esters (lactones) is 1. The fraction of sp³-hybridized carbons (Fsp3) is 0.273. The number of esters is 1. The van der Waals surface area contributed by atoms with Crippen molar-refractivity contribution in [2.45, 2.75) is 0 Å². The van der Waals surface area contributed by atoms with Crippen molar-refractivity contribution in [2.24, 2.45) is 11.0 Å². The first kappa shape index (κ1) is 10.7. The number of ether oxygens (including phenoxy) is 1. The number of nitro groups is 1. The van der Waals surface area contributed by atoms with Gasteiger partial charge in [-0.05, 0) is 12.1 Å². The van der Waals surface area contributed by atoms with Crippen LogP contribution in [0.5, 0.6) is 0 Å². The van der Waals surface area contributed by atoms with E-state index in [1.807, 2.05) is 0 Å². The number of carbonyl (C=O) groups excluding carboxylic acids is 1. The van der Waals surface area contributed by atoms with E-state index in [2.05, 4.69) is 5.10 Å². The summed E-state index contributed by atoms with van der Waals surface area (Å²) in [5.41, 5.74) is 1.20. The van der Waals surface area contributed by atoms with Gasteiger partial charge in [0.25, 0.3) is 5.69 Å². The topological polar surface area (TPSA) is 85.0 Å². The minimum atomic E-state index is -0.453. The van der Waals surface area contributed by atoms with E-state index in [9.17, 15) is 14.9 Å². The molecule has 0 aliphatic carbocycles. The first-order valence-corrected chi connectivity index (χ1v) is 5.43. The fourth-order valence-corrected chi connectivity index (χ4v) is 2.05. The third-order valence-corrected chi connectivity index (χ3v) is 2.99. The third-order valence-electron chi connectivity index (χ3n) is 2.99. The second-order valence-corrected chi connectivity index (χ2v) is 4.14. The average Bonchev–Trinajstić information content (AvgIpc) is 2.92. The number of hydrogen-bond donors (Lipinski definition) is 0. The van der Waals surface area contributed by atoms with Gasteiger partial charge in [0.15, 0.2) is 5.71 Å². The molecule has 7 nitrogen and oxygen atoms in total. The quantitative estimate of drug-likeness (QED) is 0.441. The van der Waals surface area contributed by atoms with Crippen molar-refractivity contribution in [1.82, 2.24) is 0 Å². The molecule has 1 fully saturated rings. The van der Waals surface area contributed by atoms with E-state index in [0.29, 0.717) is 18.9 Å². The van der Waals surface area contributed by atoms with Crippen LogP contribution in [0.4, 0.5) is 11.4 Å². The summed E-state index contributed by atoms with van der Waals surface area (Å²) in [6, 6.07) is 6.08. The molecule has 92 valence electrons. The summed E-state index contributed by atoms with van der Waals surface area (Å²) in [7, 11) is 0. The number of carbonyl (C=O) groups is 1. The lowest BCUT2D eigenvalue weighted by Crippen LogP contribution is -2.19. The number of non-ortho nitro benzene ring substituents is 1. The number of anilines is 1. The Bertz CT molecular complexity index is 552. The zero-order valence-electron chi connectivity index (χ0n) is 9.28. The molecule has 0 N–H and O–H groups in total. The van der Waals surface area contributed by atoms with Crippen LogP contribution >= 0.6 is 0 Å². The van der Waals surface area contributed by atoms with E-state index in [4.69, 9.17) is 4.74 Å². The lowest BCUT2D eigenvalue weighted by atomic mass is 10.1. The van der Waals surface area contributed by atoms with Crippen LogP contribution in [0.15, 0.2) is 29.4 Å². The highest BCUT2D eigenvalue weighted by atomic mass is 16.6. The highest BCUT2D eigenvalue weighted by molar-refractivity contribution is 6.39. The molecule has 2 aliphatic rings. The Morgan fingerprint density at radius 3 is 2.72 bits per heavy atom. The van der Waals surface area contributed by atoms with Gasteiger partial charge in [0.2, 0.25) is 0 Å². The van der Waals surface area contributed by atoms with Crippen molar-refractivity contribution >= 4 is 23.1 Å². The van der Waals surface area contributed by atoms with E-state index in [1.165, 1.54) is 12.1 Å². The second kappa shape index (κ2) is 3.80. The van der Waals surface area contributed by atoms with Crippen LogP contribution in [0.3, 0.4) is 0 Å². The predicted octanol–water partition coefficient (Wildman–Crippen LogP) is 0.944. The monoisotopic (exact) mass is 247 g/mol. The summed E-state index contributed by atoms with van der Waals surface area (Å²) in [5, 5.41) is 16.4. The third kappa shape index (κ3) is 1.60. The van der Waals surface area contributed by atoms with Gasteiger partial charge in [-0.15, -0.1) is 0 Å². The zero-order valence-corrected chi connectivity index (χ0v) is 9.28. The number of hydrazone groups is 1. The molecule has 2 heterocycles. The molecule has 2 aliphatic heterocycles. The van der Waals surface area contributed by atoms with Gasteiger partial charge in [0.1, 0.15) is 6.61 Å². The molecule has 1 atom stereocenters. The van der Waals surface area contributed by atoms with Crippen molar-refractivity contribution in [2.75, 3.05) is 18.2 Å². The van der Waals surface area contributed by atoms with Crippen LogP contribution < -0.4 is 5.01 Å². The molecule has 1 saturated heterocycles. The number of nitrogens with zero attached hydrogens (tertiary/aromatic N) is 3. The van der Waals surface area contributed by atoms with Crippen LogP contribution in [0.2, 0.25) is 0 Å². The van der Waals surface area contributed by atoms with Gasteiger partial charge in [-0.25, -0.2) is 4.79 Å². The molecule has 0 saturated carbocycles. The summed E-state index contributed by atoms with van der Waals surface area (Å²) >= 11 is 0. The molecule has 3 rings (SSSR count). The van der Waals surface area contributed by atoms with E-state index in [0.717, 1.165) is 5.69 Å². The highest BCUT2D eigenvalue weighted by Gasteiger charge is 2.39. The van der Waals surface area contributed by atoms with Crippen LogP contribution in [0.25, 0.3) is 0 Å². The molecule has 0 spiro atoms. The normalized spacial score (nSPS) is 21.6. The van der Waals surface area contributed by atoms with Crippen LogP contribution in [-0.2, 0) is 9.53 Å². The molecule has 0 amide bonds. The summed E-state index contributed by atoms with van der Waals surface area (Å²) < 4.78 is 4.87. The molecular weight excluding hydrogens is 238 g/mol. The number of fused-ring (bicyclic) bond motifs is 1. The highest BCUT2D eigenvalue weighted by Crippen LogP contribution is 2.27. The second-order valence-electron chi connectivity index (χ2n) is 4.14. The van der Waals surface area contributed by atoms with Gasteiger partial charge in [-0.2, -0.15) is 5.10 Å². The minimum Gasteiger partial charge on any atom is -0.460 e. The smallest absolute Gasteiger partial charge is 0.355 e. The number of hydrogen-bond acceptors (Lipinski definition) is 6. The summed E-state index contributed by atoms with van der Waals surface area (Å²) in [5.74, 6) is -0.364. The predicted molar refractivity (Wildman–Crippen MR) is 62.3 cm³/mol. The maximum absolute atomic E-state index is 11.3. The molecule has 1 unspecified atom stereocenters. The van der Waals surface area contributed by atoms with Gasteiger partial charge >= 0.3 is 5.97 Å². The lowest BCUT2D eigenvalue weighted by molar-refractivity contribution is -0.384. The van der Waals surface area contributed by atoms with E-state index < -0.39 is 4.92 Å². The standard InChI is InChI=1S/C11H9N3O4/c15-11-10-7(6-18-11)5-13(12-10)8-1-3-9(4-2-8)14(16)17/h1-4,7H,5-6H2. The molecule has 1 aromatic carbocycles. The first-order chi connectivity index (χ1) is 8.65. The van der Waals surface area contributed by atoms with Crippen LogP contribution in [0.1, 0.15) is 0 Å². The Morgan fingerprint density at radius 2 is 2.11 bits per heavy atom. The maximum Gasteiger partial charge on any atom is 0.355 e. The SMILES string of the molecule is O=C1OCC2CN(c3ccc([N+](=O)[O-])cc3)N=C12. The molecule has 0 radical (unpaired) electrons. The van der Waals surface area contributed by atoms with Gasteiger partial charge in [0.05, 0.1) is 23.1 Å². The minimum absolute atomic E-state index is 0.00712. The summed E-state index contributed by atoms with van der Waals surface area (Å²) in [4.78, 5) is 21.4. The fourth-order valence-electron chi connectivity index (χ4n) is 2.05. The number of nitro benzene ring substituents is 1. The van der Waals surface area contributed by atoms with Gasteiger partial charge in [0, 0.05) is 12.1 Å². The van der Waals surface area contributed by atoms with Gasteiger partial charge < -0.3 is 4.74 Å². The van der Waals surface area contributed by atoms with E-state index in [1.54, 1.807) is 17.1 Å². The number of rotatable bonds is 2. The van der Waals surface area contributed by atoms with Crippen molar-refractivity contribution < 1.29 is 14.5 Å². The van der Waals surface area contributed by atoms with Crippen molar-refractivity contribution in [3.05, 3.63) is 34.4 Å². The molecular formula is C11H9N3O4. The summed E-state index contributed by atoms with van der Waals surface area (Å²) in [6.07, 6.45) is 0. The van der Waals surface area contributed by atoms with Crippen molar-refractivity contribution in [3.63, 3.8) is 0 Å².